The van der Waals surface area contributed by atoms with Crippen LogP contribution in [-0.2, 0) is 14.6 Å². The van der Waals surface area contributed by atoms with Crippen molar-refractivity contribution in [2.24, 2.45) is 0 Å². The van der Waals surface area contributed by atoms with Crippen molar-refractivity contribution < 1.29 is 17.9 Å². The van der Waals surface area contributed by atoms with Crippen LogP contribution >= 0.6 is 0 Å². The predicted octanol–water partition coefficient (Wildman–Crippen LogP) is 0.560. The Kier molecular flexibility index (Phi) is 4.84. The van der Waals surface area contributed by atoms with Gasteiger partial charge in [-0.3, -0.25) is 10.1 Å². The topological polar surface area (TPSA) is 75.7 Å². The van der Waals surface area contributed by atoms with Crippen molar-refractivity contribution >= 4 is 15.7 Å². The lowest BCUT2D eigenvalue weighted by atomic mass is 10.1. The number of nitrogens with one attached hydrogen (secondary N) is 1. The van der Waals surface area contributed by atoms with Crippen molar-refractivity contribution in [3.63, 3.8) is 0 Å². The molecule has 7 heteroatoms. The molecule has 1 amide bonds. The highest BCUT2D eigenvalue weighted by atomic mass is 32.2. The first-order valence-corrected chi connectivity index (χ1v) is 8.81. The molecule has 1 aromatic rings. The molecule has 1 atom stereocenters. The zero-order chi connectivity index (χ0) is 15.5. The molecular weight excluding hydrogens is 292 g/mol. The Morgan fingerprint density at radius 3 is 2.57 bits per heavy atom. The van der Waals surface area contributed by atoms with Crippen LogP contribution in [0.1, 0.15) is 18.2 Å². The lowest BCUT2D eigenvalue weighted by molar-refractivity contribution is -0.128. The Hall–Kier alpha value is -1.60. The average molecular weight is 312 g/mol. The fourth-order valence-corrected chi connectivity index (χ4v) is 3.03. The fourth-order valence-electron chi connectivity index (χ4n) is 2.37. The van der Waals surface area contributed by atoms with Gasteiger partial charge in [0.25, 0.3) is 0 Å². The summed E-state index contributed by atoms with van der Waals surface area (Å²) in [5.74, 6) is 0.836. The van der Waals surface area contributed by atoms with E-state index in [9.17, 15) is 13.2 Å². The van der Waals surface area contributed by atoms with Crippen molar-refractivity contribution in [2.75, 3.05) is 32.2 Å². The third kappa shape index (κ3) is 4.18. The molecule has 0 spiro atoms. The zero-order valence-corrected chi connectivity index (χ0v) is 13.0. The van der Waals surface area contributed by atoms with E-state index in [0.717, 1.165) is 11.3 Å². The fraction of sp³-hybridized carbons (Fsp3) is 0.500. The second kappa shape index (κ2) is 6.44. The van der Waals surface area contributed by atoms with Gasteiger partial charge in [-0.25, -0.2) is 8.42 Å². The average Bonchev–Trinajstić information content (AvgIpc) is 2.79. The molecule has 1 saturated heterocycles. The Morgan fingerprint density at radius 2 is 2.00 bits per heavy atom. The summed E-state index contributed by atoms with van der Waals surface area (Å²) in [6, 6.07) is 7.49. The van der Waals surface area contributed by atoms with Crippen molar-refractivity contribution in [1.82, 2.24) is 10.2 Å². The molecule has 1 aliphatic rings. The molecule has 1 N–H and O–H groups in total. The van der Waals surface area contributed by atoms with Gasteiger partial charge in [-0.05, 0) is 24.1 Å². The molecule has 1 aromatic carbocycles. The summed E-state index contributed by atoms with van der Waals surface area (Å²) < 4.78 is 27.5. The van der Waals surface area contributed by atoms with Gasteiger partial charge in [0.2, 0.25) is 5.91 Å². The van der Waals surface area contributed by atoms with Crippen LogP contribution in [-0.4, -0.2) is 51.4 Å². The standard InChI is InChI=1S/C14H20N2O4S/c1-20-12-6-4-11(5-7-12)14-15-10-13(17)16(14)8-3-9-21(2,18)19/h4-7,14-15H,3,8-10H2,1-2H3. The summed E-state index contributed by atoms with van der Waals surface area (Å²) in [5, 5.41) is 3.14. The molecule has 1 fully saturated rings. The highest BCUT2D eigenvalue weighted by Crippen LogP contribution is 2.24. The number of hydrogen-bond acceptors (Lipinski definition) is 5. The highest BCUT2D eigenvalue weighted by Gasteiger charge is 2.31. The lowest BCUT2D eigenvalue weighted by Crippen LogP contribution is -2.32. The quantitative estimate of drug-likeness (QED) is 0.831. The number of benzene rings is 1. The number of nitrogens with zero attached hydrogens (tertiary/aromatic N) is 1. The molecule has 21 heavy (non-hydrogen) atoms. The van der Waals surface area contributed by atoms with Gasteiger partial charge in [-0.1, -0.05) is 12.1 Å². The number of hydrogen-bond donors (Lipinski definition) is 1. The molecule has 1 heterocycles. The molecule has 2 rings (SSSR count). The van der Waals surface area contributed by atoms with Gasteiger partial charge in [-0.15, -0.1) is 0 Å². The van der Waals surface area contributed by atoms with Crippen LogP contribution in [0.25, 0.3) is 0 Å². The van der Waals surface area contributed by atoms with Crippen LogP contribution in [0.2, 0.25) is 0 Å². The maximum absolute atomic E-state index is 11.9. The Morgan fingerprint density at radius 1 is 1.33 bits per heavy atom. The first-order valence-electron chi connectivity index (χ1n) is 6.75. The molecule has 116 valence electrons. The van der Waals surface area contributed by atoms with Gasteiger partial charge in [-0.2, -0.15) is 0 Å². The van der Waals surface area contributed by atoms with Crippen molar-refractivity contribution in [2.45, 2.75) is 12.6 Å². The lowest BCUT2D eigenvalue weighted by Gasteiger charge is -2.24. The Balaban J connectivity index is 2.05. The summed E-state index contributed by atoms with van der Waals surface area (Å²) in [5.41, 5.74) is 0.959. The molecule has 1 unspecified atom stereocenters. The number of carbonyl (C=O) groups excluding carboxylic acids is 1. The van der Waals surface area contributed by atoms with E-state index in [4.69, 9.17) is 4.74 Å². The molecule has 0 saturated carbocycles. The summed E-state index contributed by atoms with van der Waals surface area (Å²) >= 11 is 0. The monoisotopic (exact) mass is 312 g/mol. The molecular formula is C14H20N2O4S. The van der Waals surface area contributed by atoms with Crippen molar-refractivity contribution in [1.29, 1.82) is 0 Å². The second-order valence-electron chi connectivity index (χ2n) is 5.13. The van der Waals surface area contributed by atoms with Crippen LogP contribution in [0.4, 0.5) is 0 Å². The number of carbonyl (C=O) groups is 1. The molecule has 0 aliphatic carbocycles. The number of sulfone groups is 1. The maximum atomic E-state index is 11.9. The van der Waals surface area contributed by atoms with E-state index in [0.29, 0.717) is 13.0 Å². The minimum Gasteiger partial charge on any atom is -0.497 e. The van der Waals surface area contributed by atoms with E-state index < -0.39 is 9.84 Å². The van der Waals surface area contributed by atoms with Gasteiger partial charge in [0.05, 0.1) is 19.4 Å². The molecule has 0 aromatic heterocycles. The number of amides is 1. The minimum absolute atomic E-state index is 0.00989. The Bertz CT molecular complexity index is 598. The first kappa shape index (κ1) is 15.8. The molecule has 0 bridgehead atoms. The van der Waals surface area contributed by atoms with E-state index in [1.54, 1.807) is 12.0 Å². The summed E-state index contributed by atoms with van der Waals surface area (Å²) in [7, 11) is -1.40. The van der Waals surface area contributed by atoms with Gasteiger partial charge in [0.15, 0.2) is 0 Å². The van der Waals surface area contributed by atoms with Gasteiger partial charge >= 0.3 is 0 Å². The number of methoxy groups -OCH3 is 1. The predicted molar refractivity (Wildman–Crippen MR) is 79.8 cm³/mol. The van der Waals surface area contributed by atoms with Gasteiger partial charge < -0.3 is 9.64 Å². The van der Waals surface area contributed by atoms with E-state index in [1.807, 2.05) is 24.3 Å². The van der Waals surface area contributed by atoms with Crippen LogP contribution < -0.4 is 10.1 Å². The van der Waals surface area contributed by atoms with Crippen LogP contribution in [0.5, 0.6) is 5.75 Å². The van der Waals surface area contributed by atoms with Crippen molar-refractivity contribution in [3.05, 3.63) is 29.8 Å². The molecule has 0 radical (unpaired) electrons. The van der Waals surface area contributed by atoms with E-state index in [2.05, 4.69) is 5.32 Å². The van der Waals surface area contributed by atoms with Crippen LogP contribution in [0.3, 0.4) is 0 Å². The highest BCUT2D eigenvalue weighted by molar-refractivity contribution is 7.90. The van der Waals surface area contributed by atoms with Gasteiger partial charge in [0, 0.05) is 12.8 Å². The van der Waals surface area contributed by atoms with E-state index in [-0.39, 0.29) is 24.4 Å². The zero-order valence-electron chi connectivity index (χ0n) is 12.2. The molecule has 1 aliphatic heterocycles. The smallest absolute Gasteiger partial charge is 0.238 e. The number of rotatable bonds is 6. The minimum atomic E-state index is -3.00. The van der Waals surface area contributed by atoms with E-state index in [1.165, 1.54) is 6.26 Å². The van der Waals surface area contributed by atoms with Gasteiger partial charge in [0.1, 0.15) is 21.8 Å². The van der Waals surface area contributed by atoms with Crippen LogP contribution in [0, 0.1) is 0 Å². The third-order valence-electron chi connectivity index (χ3n) is 3.42. The summed E-state index contributed by atoms with van der Waals surface area (Å²) in [6.45, 7) is 0.700. The largest absolute Gasteiger partial charge is 0.497 e. The number of ether oxygens (including phenoxy) is 1. The summed E-state index contributed by atoms with van der Waals surface area (Å²) in [4.78, 5) is 13.6. The van der Waals surface area contributed by atoms with E-state index >= 15 is 0 Å². The SMILES string of the molecule is COc1ccc(C2NCC(=O)N2CCCS(C)(=O)=O)cc1. The first-order chi connectivity index (χ1) is 9.90. The third-order valence-corrected chi connectivity index (χ3v) is 4.45. The second-order valence-corrected chi connectivity index (χ2v) is 7.39. The van der Waals surface area contributed by atoms with Crippen molar-refractivity contribution in [3.8, 4) is 5.75 Å². The summed E-state index contributed by atoms with van der Waals surface area (Å²) in [6.07, 6.45) is 1.44. The Labute approximate surface area is 125 Å². The normalized spacial score (nSPS) is 19.0. The maximum Gasteiger partial charge on any atom is 0.238 e. The molecule has 6 nitrogen and oxygen atoms in total. The van der Waals surface area contributed by atoms with Crippen LogP contribution in [0.15, 0.2) is 24.3 Å².